The van der Waals surface area contributed by atoms with Gasteiger partial charge >= 0.3 is 5.69 Å². The fraction of sp³-hybridized carbons (Fsp3) is 0.480. The van der Waals surface area contributed by atoms with Crippen LogP contribution in [-0.2, 0) is 9.53 Å². The van der Waals surface area contributed by atoms with Crippen LogP contribution in [0.4, 0.5) is 5.69 Å². The van der Waals surface area contributed by atoms with Crippen molar-refractivity contribution in [3.63, 3.8) is 0 Å². The highest BCUT2D eigenvalue weighted by molar-refractivity contribution is 6.33. The number of primary amides is 1. The molecule has 1 saturated carbocycles. The molecule has 0 unspecified atom stereocenters. The number of ether oxygens (including phenoxy) is 1. The lowest BCUT2D eigenvalue weighted by Gasteiger charge is -2.28. The van der Waals surface area contributed by atoms with Crippen LogP contribution in [0.25, 0.3) is 22.4 Å². The molecule has 1 saturated heterocycles. The summed E-state index contributed by atoms with van der Waals surface area (Å²) in [5.74, 6) is 1.09. The number of pyridine rings is 1. The van der Waals surface area contributed by atoms with Gasteiger partial charge in [-0.25, -0.2) is 9.78 Å². The maximum absolute atomic E-state index is 11.4. The lowest BCUT2D eigenvalue weighted by atomic mass is 9.88. The molecule has 2 aromatic heterocycles. The summed E-state index contributed by atoms with van der Waals surface area (Å²) in [5, 5.41) is 0.506. The van der Waals surface area contributed by atoms with Gasteiger partial charge in [0.2, 0.25) is 6.41 Å². The van der Waals surface area contributed by atoms with Gasteiger partial charge in [0.25, 0.3) is 0 Å². The summed E-state index contributed by atoms with van der Waals surface area (Å²) in [6.07, 6.45) is 9.18. The van der Waals surface area contributed by atoms with Crippen molar-refractivity contribution in [3.8, 4) is 11.3 Å². The average Bonchev–Trinajstić information content (AvgIpc) is 3.24. The number of morpholine rings is 1. The molecule has 0 bridgehead atoms. The molecule has 1 aromatic carbocycles. The first-order valence-corrected chi connectivity index (χ1v) is 12.3. The number of H-pyrrole nitrogens is 2. The number of nitrogens with two attached hydrogens (primary N) is 1. The van der Waals surface area contributed by atoms with Crippen molar-refractivity contribution in [2.24, 2.45) is 11.7 Å². The van der Waals surface area contributed by atoms with Crippen LogP contribution in [-0.4, -0.2) is 47.7 Å². The number of rotatable bonds is 3. The lowest BCUT2D eigenvalue weighted by molar-refractivity contribution is -0.106. The summed E-state index contributed by atoms with van der Waals surface area (Å²) in [5.41, 5.74) is 7.71. The Bertz CT molecular complexity index is 1080. The van der Waals surface area contributed by atoms with Crippen LogP contribution in [0.15, 0.2) is 35.1 Å². The third kappa shape index (κ3) is 7.08. The zero-order valence-electron chi connectivity index (χ0n) is 19.7. The number of nitrogens with zero attached hydrogens (tertiary/aromatic N) is 2. The number of nitrogens with one attached hydrogen (secondary N) is 2. The van der Waals surface area contributed by atoms with Gasteiger partial charge in [0.05, 0.1) is 29.4 Å². The third-order valence-corrected chi connectivity index (χ3v) is 6.56. The fourth-order valence-electron chi connectivity index (χ4n) is 4.39. The van der Waals surface area contributed by atoms with Crippen LogP contribution >= 0.6 is 11.6 Å². The van der Waals surface area contributed by atoms with Crippen LogP contribution < -0.4 is 16.3 Å². The Morgan fingerprint density at radius 1 is 1.15 bits per heavy atom. The summed E-state index contributed by atoms with van der Waals surface area (Å²) in [6, 6.07) is 9.82. The summed E-state index contributed by atoms with van der Waals surface area (Å²) >= 11 is 6.31. The zero-order valence-corrected chi connectivity index (χ0v) is 20.4. The molecule has 34 heavy (non-hydrogen) atoms. The van der Waals surface area contributed by atoms with Crippen LogP contribution in [0.1, 0.15) is 45.4 Å². The van der Waals surface area contributed by atoms with Crippen molar-refractivity contribution >= 4 is 34.9 Å². The highest BCUT2D eigenvalue weighted by atomic mass is 35.5. The number of aromatic nitrogens is 3. The number of fused-ring (bicyclic) bond motifs is 1. The number of anilines is 1. The van der Waals surface area contributed by atoms with E-state index in [0.717, 1.165) is 43.5 Å². The smallest absolute Gasteiger partial charge is 0.325 e. The van der Waals surface area contributed by atoms with Crippen LogP contribution in [0, 0.1) is 5.92 Å². The first-order chi connectivity index (χ1) is 16.5. The molecule has 3 aromatic rings. The molecule has 0 spiro atoms. The molecule has 3 heterocycles. The molecule has 2 fully saturated rings. The molecular formula is C25H34ClN5O3. The Morgan fingerprint density at radius 2 is 1.79 bits per heavy atom. The Kier molecular flexibility index (Phi) is 9.97. The first kappa shape index (κ1) is 25.8. The van der Waals surface area contributed by atoms with Gasteiger partial charge in [-0.1, -0.05) is 69.2 Å². The predicted molar refractivity (Wildman–Crippen MR) is 137 cm³/mol. The van der Waals surface area contributed by atoms with Gasteiger partial charge in [0, 0.05) is 24.3 Å². The SMILES string of the molecule is CCC1CCCCC1.NC=O.O=c1[nH]c2cc(Cl)c(-c3ccc(N4CCOCC4)cc3)nc2[nH]1. The number of hydrogen-bond donors (Lipinski definition) is 3. The number of amides is 1. The second-order valence-electron chi connectivity index (χ2n) is 8.49. The van der Waals surface area contributed by atoms with Crippen molar-refractivity contribution in [3.05, 3.63) is 45.8 Å². The number of carbonyl (C=O) groups excluding carboxylic acids is 1. The molecule has 1 aliphatic heterocycles. The van der Waals surface area contributed by atoms with Gasteiger partial charge < -0.3 is 20.4 Å². The molecule has 1 amide bonds. The van der Waals surface area contributed by atoms with Crippen LogP contribution in [0.5, 0.6) is 0 Å². The monoisotopic (exact) mass is 487 g/mol. The summed E-state index contributed by atoms with van der Waals surface area (Å²) in [4.78, 5) is 32.0. The Balaban J connectivity index is 0.000000246. The van der Waals surface area contributed by atoms with E-state index in [0.29, 0.717) is 21.9 Å². The van der Waals surface area contributed by atoms with E-state index in [1.165, 1.54) is 38.5 Å². The predicted octanol–water partition coefficient (Wildman–Crippen LogP) is 4.49. The Morgan fingerprint density at radius 3 is 2.38 bits per heavy atom. The van der Waals surface area contributed by atoms with Gasteiger partial charge in [-0.2, -0.15) is 0 Å². The number of imidazole rings is 1. The molecule has 5 rings (SSSR count). The van der Waals surface area contributed by atoms with Crippen molar-refractivity contribution in [2.75, 3.05) is 31.2 Å². The highest BCUT2D eigenvalue weighted by Gasteiger charge is 2.13. The summed E-state index contributed by atoms with van der Waals surface area (Å²) in [6.45, 7) is 5.62. The van der Waals surface area contributed by atoms with E-state index in [9.17, 15) is 4.79 Å². The van der Waals surface area contributed by atoms with E-state index in [1.807, 2.05) is 12.1 Å². The minimum absolute atomic E-state index is 0.250. The molecule has 0 radical (unpaired) electrons. The van der Waals surface area contributed by atoms with Gasteiger partial charge in [0.15, 0.2) is 5.65 Å². The Hall–Kier alpha value is -2.84. The van der Waals surface area contributed by atoms with Gasteiger partial charge in [-0.3, -0.25) is 9.78 Å². The minimum Gasteiger partial charge on any atom is -0.378 e. The lowest BCUT2D eigenvalue weighted by Crippen LogP contribution is -2.36. The minimum atomic E-state index is -0.289. The second-order valence-corrected chi connectivity index (χ2v) is 8.90. The maximum atomic E-state index is 11.4. The number of aromatic amines is 2. The Labute approximate surface area is 204 Å². The van der Waals surface area contributed by atoms with Crippen molar-refractivity contribution in [2.45, 2.75) is 45.4 Å². The number of carbonyl (C=O) groups is 1. The van der Waals surface area contributed by atoms with E-state index in [2.05, 4.69) is 44.6 Å². The first-order valence-electron chi connectivity index (χ1n) is 11.9. The molecule has 2 aliphatic rings. The van der Waals surface area contributed by atoms with E-state index in [1.54, 1.807) is 6.07 Å². The highest BCUT2D eigenvalue weighted by Crippen LogP contribution is 2.29. The molecule has 9 heteroatoms. The summed E-state index contributed by atoms with van der Waals surface area (Å²) in [7, 11) is 0. The standard InChI is InChI=1S/C16H15ClN4O2.C8H16.CH3NO/c17-12-9-13-15(20-16(22)18-13)19-14(12)10-1-3-11(4-2-10)21-5-7-23-8-6-21;1-2-8-6-4-3-5-7-8;2-1-3/h1-4,9H,5-8H2,(H2,18,19,20,22);8H,2-7H2,1H3;1H,(H2,2,3). The molecule has 4 N–H and O–H groups in total. The molecule has 0 atom stereocenters. The molecule has 1 aliphatic carbocycles. The van der Waals surface area contributed by atoms with E-state index in [-0.39, 0.29) is 12.1 Å². The zero-order chi connectivity index (χ0) is 24.3. The van der Waals surface area contributed by atoms with Gasteiger partial charge in [0.1, 0.15) is 0 Å². The fourth-order valence-corrected chi connectivity index (χ4v) is 4.65. The topological polar surface area (TPSA) is 117 Å². The summed E-state index contributed by atoms with van der Waals surface area (Å²) < 4.78 is 5.37. The molecule has 8 nitrogen and oxygen atoms in total. The largest absolute Gasteiger partial charge is 0.378 e. The van der Waals surface area contributed by atoms with Gasteiger partial charge in [-0.05, 0) is 24.1 Å². The maximum Gasteiger partial charge on any atom is 0.325 e. The normalized spacial score (nSPS) is 16.2. The number of benzene rings is 1. The molecular weight excluding hydrogens is 454 g/mol. The average molecular weight is 488 g/mol. The third-order valence-electron chi connectivity index (χ3n) is 6.28. The quantitative estimate of drug-likeness (QED) is 0.470. The van der Waals surface area contributed by atoms with E-state index < -0.39 is 0 Å². The molecule has 184 valence electrons. The van der Waals surface area contributed by atoms with Crippen molar-refractivity contribution in [1.29, 1.82) is 0 Å². The van der Waals surface area contributed by atoms with E-state index >= 15 is 0 Å². The second kappa shape index (κ2) is 13.2. The van der Waals surface area contributed by atoms with Crippen molar-refractivity contribution in [1.82, 2.24) is 15.0 Å². The van der Waals surface area contributed by atoms with Crippen LogP contribution in [0.2, 0.25) is 5.02 Å². The van der Waals surface area contributed by atoms with Crippen LogP contribution in [0.3, 0.4) is 0 Å². The number of halogens is 1. The van der Waals surface area contributed by atoms with Gasteiger partial charge in [-0.15, -0.1) is 0 Å². The van der Waals surface area contributed by atoms with E-state index in [4.69, 9.17) is 21.1 Å². The van der Waals surface area contributed by atoms with Crippen molar-refractivity contribution < 1.29 is 9.53 Å². The number of hydrogen-bond acceptors (Lipinski definition) is 5.